The lowest BCUT2D eigenvalue weighted by molar-refractivity contribution is 0.412. The Kier molecular flexibility index (Phi) is 5.48. The van der Waals surface area contributed by atoms with Crippen molar-refractivity contribution in [1.29, 1.82) is 0 Å². The van der Waals surface area contributed by atoms with Gasteiger partial charge in [0.2, 0.25) is 0 Å². The van der Waals surface area contributed by atoms with Crippen molar-refractivity contribution in [1.82, 2.24) is 20.0 Å². The average Bonchev–Trinajstić information content (AvgIpc) is 3.17. The van der Waals surface area contributed by atoms with E-state index >= 15 is 0 Å². The van der Waals surface area contributed by atoms with Crippen molar-refractivity contribution in [3.8, 4) is 11.3 Å². The highest BCUT2D eigenvalue weighted by atomic mass is 19.1. The van der Waals surface area contributed by atoms with Crippen molar-refractivity contribution in [2.24, 2.45) is 0 Å². The molecule has 0 atom stereocenters. The summed E-state index contributed by atoms with van der Waals surface area (Å²) in [6.45, 7) is 2.31. The van der Waals surface area contributed by atoms with Gasteiger partial charge < -0.3 is 14.3 Å². The first-order valence-electron chi connectivity index (χ1n) is 9.42. The maximum Gasteiger partial charge on any atom is 0.263 e. The first-order valence-corrected chi connectivity index (χ1v) is 9.42. The molecule has 0 aliphatic rings. The molecule has 0 N–H and O–H groups in total. The number of benzene rings is 2. The van der Waals surface area contributed by atoms with Crippen LogP contribution in [-0.4, -0.2) is 47.2 Å². The molecule has 0 aliphatic carbocycles. The predicted molar refractivity (Wildman–Crippen MR) is 111 cm³/mol. The van der Waals surface area contributed by atoms with Gasteiger partial charge in [0.1, 0.15) is 29.0 Å². The van der Waals surface area contributed by atoms with E-state index in [1.54, 1.807) is 12.1 Å². The Morgan fingerprint density at radius 3 is 2.41 bits per heavy atom. The SMILES string of the molecule is CN(C)CCN(Cc1ccccc1)c1ncnc2onc(-c3ccc(F)cc3)c12. The second-order valence-corrected chi connectivity index (χ2v) is 7.13. The molecule has 148 valence electrons. The summed E-state index contributed by atoms with van der Waals surface area (Å²) in [5.41, 5.74) is 2.96. The Labute approximate surface area is 168 Å². The number of rotatable bonds is 7. The van der Waals surface area contributed by atoms with Crippen LogP contribution in [0.4, 0.5) is 10.2 Å². The van der Waals surface area contributed by atoms with Gasteiger partial charge in [-0.25, -0.2) is 9.37 Å². The maximum atomic E-state index is 13.4. The molecule has 2 aromatic heterocycles. The van der Waals surface area contributed by atoms with Crippen LogP contribution in [0.25, 0.3) is 22.4 Å². The van der Waals surface area contributed by atoms with E-state index in [1.165, 1.54) is 24.0 Å². The topological polar surface area (TPSA) is 58.3 Å². The Balaban J connectivity index is 1.79. The lowest BCUT2D eigenvalue weighted by Gasteiger charge is -2.26. The first-order chi connectivity index (χ1) is 14.1. The van der Waals surface area contributed by atoms with Crippen molar-refractivity contribution in [3.05, 3.63) is 72.3 Å². The van der Waals surface area contributed by atoms with Gasteiger partial charge in [-0.2, -0.15) is 4.98 Å². The van der Waals surface area contributed by atoms with Crippen LogP contribution in [-0.2, 0) is 6.54 Å². The summed E-state index contributed by atoms with van der Waals surface area (Å²) in [6, 6.07) is 16.4. The van der Waals surface area contributed by atoms with Crippen molar-refractivity contribution < 1.29 is 8.91 Å². The van der Waals surface area contributed by atoms with E-state index in [0.29, 0.717) is 18.0 Å². The number of fused-ring (bicyclic) bond motifs is 1. The zero-order valence-electron chi connectivity index (χ0n) is 16.4. The van der Waals surface area contributed by atoms with Gasteiger partial charge in [-0.1, -0.05) is 35.5 Å². The Bertz CT molecular complexity index is 1080. The molecule has 2 aromatic carbocycles. The largest absolute Gasteiger partial charge is 0.350 e. The zero-order valence-corrected chi connectivity index (χ0v) is 16.4. The molecule has 4 aromatic rings. The molecule has 0 saturated heterocycles. The Morgan fingerprint density at radius 2 is 1.69 bits per heavy atom. The fourth-order valence-corrected chi connectivity index (χ4v) is 3.20. The number of likely N-dealkylation sites (N-methyl/N-ethyl adjacent to an activating group) is 1. The Hall–Kier alpha value is -3.32. The highest BCUT2D eigenvalue weighted by Crippen LogP contribution is 2.33. The van der Waals surface area contributed by atoms with E-state index in [-0.39, 0.29) is 5.82 Å². The Morgan fingerprint density at radius 1 is 0.931 bits per heavy atom. The van der Waals surface area contributed by atoms with E-state index in [2.05, 4.69) is 37.1 Å². The summed E-state index contributed by atoms with van der Waals surface area (Å²) in [7, 11) is 4.08. The van der Waals surface area contributed by atoms with Crippen LogP contribution in [0, 0.1) is 5.82 Å². The van der Waals surface area contributed by atoms with Gasteiger partial charge in [0.05, 0.1) is 0 Å². The standard InChI is InChI=1S/C22H22FN5O/c1-27(2)12-13-28(14-16-6-4-3-5-7-16)21-19-20(17-8-10-18(23)11-9-17)26-29-22(19)25-15-24-21/h3-11,15H,12-14H2,1-2H3. The molecule has 0 fully saturated rings. The molecule has 0 aliphatic heterocycles. The smallest absolute Gasteiger partial charge is 0.263 e. The summed E-state index contributed by atoms with van der Waals surface area (Å²) < 4.78 is 18.9. The summed E-state index contributed by atoms with van der Waals surface area (Å²) in [4.78, 5) is 13.1. The van der Waals surface area contributed by atoms with Gasteiger partial charge in [0.25, 0.3) is 5.71 Å². The minimum Gasteiger partial charge on any atom is -0.350 e. The number of anilines is 1. The molecule has 6 nitrogen and oxygen atoms in total. The zero-order chi connectivity index (χ0) is 20.2. The van der Waals surface area contributed by atoms with Crippen LogP contribution in [0.3, 0.4) is 0 Å². The van der Waals surface area contributed by atoms with E-state index in [0.717, 1.165) is 29.9 Å². The van der Waals surface area contributed by atoms with Crippen LogP contribution >= 0.6 is 0 Å². The van der Waals surface area contributed by atoms with Gasteiger partial charge >= 0.3 is 0 Å². The fourth-order valence-electron chi connectivity index (χ4n) is 3.20. The molecule has 0 spiro atoms. The second-order valence-electron chi connectivity index (χ2n) is 7.13. The molecule has 2 heterocycles. The highest BCUT2D eigenvalue weighted by molar-refractivity contribution is 5.97. The lowest BCUT2D eigenvalue weighted by atomic mass is 10.1. The molecule has 29 heavy (non-hydrogen) atoms. The first kappa shape index (κ1) is 19.0. The van der Waals surface area contributed by atoms with Crippen molar-refractivity contribution in [3.63, 3.8) is 0 Å². The molecule has 7 heteroatoms. The highest BCUT2D eigenvalue weighted by Gasteiger charge is 2.21. The number of nitrogens with zero attached hydrogens (tertiary/aromatic N) is 5. The van der Waals surface area contributed by atoms with E-state index in [9.17, 15) is 4.39 Å². The van der Waals surface area contributed by atoms with Crippen molar-refractivity contribution in [2.45, 2.75) is 6.54 Å². The molecule has 0 amide bonds. The summed E-state index contributed by atoms with van der Waals surface area (Å²) >= 11 is 0. The van der Waals surface area contributed by atoms with Crippen molar-refractivity contribution in [2.75, 3.05) is 32.1 Å². The average molecular weight is 391 g/mol. The molecule has 4 rings (SSSR count). The number of halogens is 1. The van der Waals surface area contributed by atoms with Crippen molar-refractivity contribution >= 4 is 16.9 Å². The summed E-state index contributed by atoms with van der Waals surface area (Å²) in [5, 5.41) is 4.93. The van der Waals surface area contributed by atoms with Gasteiger partial charge in [0, 0.05) is 25.2 Å². The third kappa shape index (κ3) is 4.25. The van der Waals surface area contributed by atoms with Crippen LogP contribution in [0.15, 0.2) is 65.4 Å². The molecule has 0 unspecified atom stereocenters. The van der Waals surface area contributed by atoms with Gasteiger partial charge in [-0.3, -0.25) is 0 Å². The van der Waals surface area contributed by atoms with E-state index < -0.39 is 0 Å². The molecule has 0 saturated carbocycles. The van der Waals surface area contributed by atoms with Gasteiger partial charge in [0.15, 0.2) is 0 Å². The third-order valence-electron chi connectivity index (χ3n) is 4.70. The van der Waals surface area contributed by atoms with Gasteiger partial charge in [-0.05, 0) is 43.9 Å². The summed E-state index contributed by atoms with van der Waals surface area (Å²) in [6.07, 6.45) is 1.49. The number of aromatic nitrogens is 3. The molecular weight excluding hydrogens is 369 g/mol. The normalized spacial score (nSPS) is 11.3. The molecule has 0 bridgehead atoms. The third-order valence-corrected chi connectivity index (χ3v) is 4.70. The molecular formula is C22H22FN5O. The van der Waals surface area contributed by atoms with Crippen LogP contribution in [0.5, 0.6) is 0 Å². The van der Waals surface area contributed by atoms with Gasteiger partial charge in [-0.15, -0.1) is 0 Å². The van der Waals surface area contributed by atoms with E-state index in [1.807, 2.05) is 32.3 Å². The monoisotopic (exact) mass is 391 g/mol. The van der Waals surface area contributed by atoms with Crippen LogP contribution < -0.4 is 4.90 Å². The second kappa shape index (κ2) is 8.36. The van der Waals surface area contributed by atoms with E-state index in [4.69, 9.17) is 4.52 Å². The molecule has 0 radical (unpaired) electrons. The lowest BCUT2D eigenvalue weighted by Crippen LogP contribution is -2.32. The fraction of sp³-hybridized carbons (Fsp3) is 0.227. The minimum absolute atomic E-state index is 0.297. The summed E-state index contributed by atoms with van der Waals surface area (Å²) in [5.74, 6) is 0.455. The van der Waals surface area contributed by atoms with Crippen LogP contribution in [0.1, 0.15) is 5.56 Å². The maximum absolute atomic E-state index is 13.4. The minimum atomic E-state index is -0.297. The number of hydrogen-bond donors (Lipinski definition) is 0. The predicted octanol–water partition coefficient (Wildman–Crippen LogP) is 3.99. The number of hydrogen-bond acceptors (Lipinski definition) is 6. The quantitative estimate of drug-likeness (QED) is 0.475. The van der Waals surface area contributed by atoms with Crippen LogP contribution in [0.2, 0.25) is 0 Å².